The summed E-state index contributed by atoms with van der Waals surface area (Å²) in [5, 5.41) is 11.1. The number of unbranched alkanes of at least 4 members (excludes halogenated alkanes) is 4. The lowest BCUT2D eigenvalue weighted by molar-refractivity contribution is 0.00993. The predicted octanol–water partition coefficient (Wildman–Crippen LogP) is 12.2. The molecule has 0 fully saturated rings. The van der Waals surface area contributed by atoms with E-state index in [4.69, 9.17) is 18.9 Å². The normalized spacial score (nSPS) is 18.0. The number of allylic oxidation sites excluding steroid dienone is 6. The van der Waals surface area contributed by atoms with Crippen LogP contribution in [0, 0.1) is 5.92 Å². The molecule has 1 aliphatic heterocycles. The number of aromatic hydroxyl groups is 1. The topological polar surface area (TPSA) is 57.2 Å². The molecule has 2 atom stereocenters. The third-order valence-corrected chi connectivity index (χ3v) is 10.6. The molecule has 2 aliphatic rings. The molecule has 5 heteroatoms. The van der Waals surface area contributed by atoms with Gasteiger partial charge in [0.2, 0.25) is 0 Å². The van der Waals surface area contributed by atoms with Crippen molar-refractivity contribution in [1.82, 2.24) is 0 Å². The van der Waals surface area contributed by atoms with Gasteiger partial charge in [-0.25, -0.2) is 0 Å². The van der Waals surface area contributed by atoms with Crippen LogP contribution in [0.1, 0.15) is 148 Å². The molecule has 1 heterocycles. The molecular weight excluding hydrogens is 633 g/mol. The molecule has 5 nitrogen and oxygen atoms in total. The van der Waals surface area contributed by atoms with Gasteiger partial charge < -0.3 is 24.1 Å². The fourth-order valence-electron chi connectivity index (χ4n) is 7.64. The van der Waals surface area contributed by atoms with E-state index in [-0.39, 0.29) is 5.60 Å². The lowest BCUT2D eigenvalue weighted by atomic mass is 9.68. The molecule has 0 saturated carbocycles. The Labute approximate surface area is 310 Å². The highest BCUT2D eigenvalue weighted by Crippen LogP contribution is 2.53. The van der Waals surface area contributed by atoms with E-state index in [2.05, 4.69) is 91.8 Å². The molecule has 0 bridgehead atoms. The monoisotopic (exact) mass is 701 g/mol. The Hall–Kier alpha value is -3.18. The van der Waals surface area contributed by atoms with Crippen molar-refractivity contribution in [2.24, 2.45) is 5.92 Å². The molecule has 51 heavy (non-hydrogen) atoms. The summed E-state index contributed by atoms with van der Waals surface area (Å²) in [6, 6.07) is 8.57. The van der Waals surface area contributed by atoms with Gasteiger partial charge in [-0.1, -0.05) is 74.5 Å². The average Bonchev–Trinajstić information content (AvgIpc) is 3.07. The average molecular weight is 701 g/mol. The van der Waals surface area contributed by atoms with Crippen LogP contribution in [0.4, 0.5) is 0 Å². The largest absolute Gasteiger partial charge is 0.508 e. The van der Waals surface area contributed by atoms with Gasteiger partial charge in [0.25, 0.3) is 0 Å². The van der Waals surface area contributed by atoms with Gasteiger partial charge >= 0.3 is 0 Å². The molecule has 2 aromatic carbocycles. The highest BCUT2D eigenvalue weighted by atomic mass is 16.5. The molecule has 0 aromatic heterocycles. The Kier molecular flexibility index (Phi) is 16.0. The molecule has 0 amide bonds. The Bertz CT molecular complexity index is 1490. The summed E-state index contributed by atoms with van der Waals surface area (Å²) in [6.07, 6.45) is 20.9. The van der Waals surface area contributed by atoms with Gasteiger partial charge in [0.05, 0.1) is 13.2 Å². The number of rotatable bonds is 21. The van der Waals surface area contributed by atoms with Crippen molar-refractivity contribution >= 4 is 0 Å². The Morgan fingerprint density at radius 1 is 0.863 bits per heavy atom. The summed E-state index contributed by atoms with van der Waals surface area (Å²) >= 11 is 0. The van der Waals surface area contributed by atoms with Crippen LogP contribution in [-0.2, 0) is 24.0 Å². The zero-order valence-electron chi connectivity index (χ0n) is 33.3. The molecule has 0 spiro atoms. The van der Waals surface area contributed by atoms with Crippen LogP contribution in [0.3, 0.4) is 0 Å². The second-order valence-electron chi connectivity index (χ2n) is 15.8. The summed E-state index contributed by atoms with van der Waals surface area (Å²) < 4.78 is 25.7. The molecule has 4 rings (SSSR count). The number of aryl methyl sites for hydroxylation is 2. The zero-order chi connectivity index (χ0) is 36.8. The van der Waals surface area contributed by atoms with Crippen LogP contribution in [-0.4, -0.2) is 37.1 Å². The van der Waals surface area contributed by atoms with E-state index in [1.165, 1.54) is 60.0 Å². The number of ether oxygens (including phenoxy) is 4. The van der Waals surface area contributed by atoms with E-state index >= 15 is 0 Å². The van der Waals surface area contributed by atoms with Gasteiger partial charge in [-0.3, -0.25) is 0 Å². The van der Waals surface area contributed by atoms with Crippen molar-refractivity contribution in [2.45, 2.75) is 150 Å². The van der Waals surface area contributed by atoms with Crippen LogP contribution >= 0.6 is 0 Å². The quantitative estimate of drug-likeness (QED) is 0.104. The van der Waals surface area contributed by atoms with Gasteiger partial charge in [0.15, 0.2) is 0 Å². The zero-order valence-corrected chi connectivity index (χ0v) is 33.3. The van der Waals surface area contributed by atoms with Crippen molar-refractivity contribution in [3.8, 4) is 23.0 Å². The standard InChI is InChI=1S/C46H68O5/c1-9-11-13-18-36-29-41(47)38(22-20-34(5)17-15-16-33(3)4)42(30-36)49-26-24-48-25-27-50-43-31-37(19-14-12-10-2)32-44-45(43)39-28-35(6)21-23-40(39)46(7,8)51-44/h16,20,28-32,39-40,47H,9-15,17-19,21-27H2,1-8H3/b34-20+/t39-,40-/m1/s1. The van der Waals surface area contributed by atoms with Crippen LogP contribution in [0.2, 0.25) is 0 Å². The predicted molar refractivity (Wildman–Crippen MR) is 213 cm³/mol. The first-order chi connectivity index (χ1) is 24.5. The maximum absolute atomic E-state index is 11.1. The number of phenols is 1. The van der Waals surface area contributed by atoms with E-state index in [9.17, 15) is 5.11 Å². The summed E-state index contributed by atoms with van der Waals surface area (Å²) in [6.45, 7) is 19.4. The number of benzene rings is 2. The van der Waals surface area contributed by atoms with Crippen molar-refractivity contribution in [3.05, 3.63) is 81.5 Å². The molecular formula is C46H68O5. The van der Waals surface area contributed by atoms with E-state index in [1.54, 1.807) is 0 Å². The second-order valence-corrected chi connectivity index (χ2v) is 15.8. The SMILES string of the molecule is CCCCCc1cc(O)c(C/C=C(\C)CCC=C(C)C)c(OCCOCCOc2cc(CCCCC)cc3c2[C@@H]2C=C(C)CC[C@H]2C(C)(C)O3)c1. The van der Waals surface area contributed by atoms with Crippen LogP contribution in [0.5, 0.6) is 23.0 Å². The smallest absolute Gasteiger partial charge is 0.127 e. The molecule has 1 N–H and O–H groups in total. The number of hydrogen-bond acceptors (Lipinski definition) is 5. The van der Waals surface area contributed by atoms with Crippen molar-refractivity contribution in [3.63, 3.8) is 0 Å². The maximum Gasteiger partial charge on any atom is 0.127 e. The fourth-order valence-corrected chi connectivity index (χ4v) is 7.64. The number of hydrogen-bond donors (Lipinski definition) is 1. The van der Waals surface area contributed by atoms with E-state index in [0.29, 0.717) is 50.4 Å². The number of phenolic OH excluding ortho intramolecular Hbond substituents is 1. The summed E-state index contributed by atoms with van der Waals surface area (Å²) in [4.78, 5) is 0. The minimum absolute atomic E-state index is 0.219. The van der Waals surface area contributed by atoms with Gasteiger partial charge in [0, 0.05) is 23.0 Å². The minimum Gasteiger partial charge on any atom is -0.508 e. The van der Waals surface area contributed by atoms with Gasteiger partial charge in [-0.2, -0.15) is 0 Å². The summed E-state index contributed by atoms with van der Waals surface area (Å²) in [7, 11) is 0. The number of fused-ring (bicyclic) bond motifs is 3. The Balaban J connectivity index is 1.39. The van der Waals surface area contributed by atoms with Crippen LogP contribution in [0.25, 0.3) is 0 Å². The van der Waals surface area contributed by atoms with Gasteiger partial charge in [-0.05, 0) is 135 Å². The molecule has 0 radical (unpaired) electrons. The molecule has 1 aliphatic carbocycles. The second kappa shape index (κ2) is 20.2. The van der Waals surface area contributed by atoms with Gasteiger partial charge in [-0.15, -0.1) is 0 Å². The third-order valence-electron chi connectivity index (χ3n) is 10.6. The molecule has 282 valence electrons. The van der Waals surface area contributed by atoms with Crippen LogP contribution in [0.15, 0.2) is 59.2 Å². The highest BCUT2D eigenvalue weighted by Gasteiger charge is 2.45. The first-order valence-corrected chi connectivity index (χ1v) is 20.0. The molecule has 2 aromatic rings. The fraction of sp³-hybridized carbons (Fsp3) is 0.609. The van der Waals surface area contributed by atoms with Crippen molar-refractivity contribution < 1.29 is 24.1 Å². The summed E-state index contributed by atoms with van der Waals surface area (Å²) in [5.41, 5.74) is 8.35. The highest BCUT2D eigenvalue weighted by molar-refractivity contribution is 5.55. The van der Waals surface area contributed by atoms with Crippen LogP contribution < -0.4 is 14.2 Å². The first kappa shape index (κ1) is 40.6. The van der Waals surface area contributed by atoms with Crippen molar-refractivity contribution in [2.75, 3.05) is 26.4 Å². The minimum atomic E-state index is -0.219. The van der Waals surface area contributed by atoms with Crippen molar-refractivity contribution in [1.29, 1.82) is 0 Å². The lowest BCUT2D eigenvalue weighted by Crippen LogP contribution is -2.45. The van der Waals surface area contributed by atoms with E-state index < -0.39 is 0 Å². The van der Waals surface area contributed by atoms with Gasteiger partial charge in [0.1, 0.15) is 41.8 Å². The maximum atomic E-state index is 11.1. The van der Waals surface area contributed by atoms with E-state index in [0.717, 1.165) is 73.3 Å². The molecule has 0 unspecified atom stereocenters. The van der Waals surface area contributed by atoms with E-state index in [1.807, 2.05) is 6.07 Å². The summed E-state index contributed by atoms with van der Waals surface area (Å²) in [5.74, 6) is 3.73. The molecule has 0 saturated heterocycles. The third kappa shape index (κ3) is 12.2. The Morgan fingerprint density at radius 3 is 2.18 bits per heavy atom. The Morgan fingerprint density at radius 2 is 1.51 bits per heavy atom. The first-order valence-electron chi connectivity index (χ1n) is 20.0. The lowest BCUT2D eigenvalue weighted by Gasteiger charge is -2.46.